The Hall–Kier alpha value is -2.45. The molecule has 0 saturated carbocycles. The SMILES string of the molecule is C.CCCCO/C=C/c1nc(Cl)ncc1Cl.Clc1ncc(Cl)c(-c2cnn3ccccc23)n1. The number of aromatic nitrogens is 6. The monoisotopic (exact) mass is 526 g/mol. The third-order valence-corrected chi connectivity index (χ3v) is 5.01. The molecule has 0 N–H and O–H groups in total. The molecule has 0 saturated heterocycles. The van der Waals surface area contributed by atoms with E-state index in [-0.39, 0.29) is 18.0 Å². The quantitative estimate of drug-likeness (QED) is 0.148. The van der Waals surface area contributed by atoms with E-state index in [2.05, 4.69) is 32.0 Å². The van der Waals surface area contributed by atoms with Gasteiger partial charge in [0.05, 0.1) is 58.4 Å². The van der Waals surface area contributed by atoms with Crippen LogP contribution in [0.2, 0.25) is 20.6 Å². The summed E-state index contributed by atoms with van der Waals surface area (Å²) >= 11 is 23.3. The van der Waals surface area contributed by atoms with Crippen LogP contribution in [-0.2, 0) is 4.74 Å². The average molecular weight is 528 g/mol. The van der Waals surface area contributed by atoms with Gasteiger partial charge >= 0.3 is 0 Å². The van der Waals surface area contributed by atoms with Gasteiger partial charge in [0.25, 0.3) is 0 Å². The molecule has 0 aliphatic heterocycles. The maximum atomic E-state index is 6.07. The summed E-state index contributed by atoms with van der Waals surface area (Å²) < 4.78 is 6.98. The summed E-state index contributed by atoms with van der Waals surface area (Å²) in [6, 6.07) is 5.77. The summed E-state index contributed by atoms with van der Waals surface area (Å²) in [7, 11) is 0. The standard InChI is InChI=1S/C11H6Cl2N4.C10H12Cl2N2O.CH4/c12-8-6-14-11(13)16-10(8)7-5-15-17-4-2-1-3-9(7)17;1-2-3-5-15-6-4-9-8(11)7-13-10(12)14-9;/h1-6H;4,6-7H,2-3,5H2,1H3;1H4/b;6-4+;. The van der Waals surface area contributed by atoms with E-state index in [1.165, 1.54) is 12.4 Å². The summed E-state index contributed by atoms with van der Waals surface area (Å²) in [6.45, 7) is 2.80. The highest BCUT2D eigenvalue weighted by Crippen LogP contribution is 2.29. The second kappa shape index (κ2) is 13.3. The Kier molecular flexibility index (Phi) is 10.8. The molecular weight excluding hydrogens is 506 g/mol. The Morgan fingerprint density at radius 2 is 1.70 bits per heavy atom. The van der Waals surface area contributed by atoms with Crippen LogP contribution < -0.4 is 0 Å². The van der Waals surface area contributed by atoms with E-state index in [1.54, 1.807) is 23.1 Å². The van der Waals surface area contributed by atoms with Crippen molar-refractivity contribution in [2.24, 2.45) is 0 Å². The molecule has 0 amide bonds. The van der Waals surface area contributed by atoms with Gasteiger partial charge in [0, 0.05) is 11.8 Å². The molecule has 0 aliphatic carbocycles. The van der Waals surface area contributed by atoms with E-state index >= 15 is 0 Å². The molecule has 33 heavy (non-hydrogen) atoms. The topological polar surface area (TPSA) is 78.1 Å². The molecule has 0 unspecified atom stereocenters. The highest BCUT2D eigenvalue weighted by atomic mass is 35.5. The fraction of sp³-hybridized carbons (Fsp3) is 0.227. The molecule has 0 aliphatic rings. The number of rotatable bonds is 6. The molecule has 174 valence electrons. The first kappa shape index (κ1) is 26.8. The molecule has 0 fully saturated rings. The Balaban J connectivity index is 0.000000229. The maximum Gasteiger partial charge on any atom is 0.222 e. The fourth-order valence-electron chi connectivity index (χ4n) is 2.53. The van der Waals surface area contributed by atoms with E-state index < -0.39 is 0 Å². The van der Waals surface area contributed by atoms with Crippen LogP contribution in [0.15, 0.2) is 49.2 Å². The molecule has 0 atom stereocenters. The van der Waals surface area contributed by atoms with Gasteiger partial charge in [-0.3, -0.25) is 0 Å². The minimum atomic E-state index is 0. The molecule has 4 aromatic heterocycles. The van der Waals surface area contributed by atoms with Crippen molar-refractivity contribution in [2.45, 2.75) is 27.2 Å². The smallest absolute Gasteiger partial charge is 0.222 e. The van der Waals surface area contributed by atoms with Crippen molar-refractivity contribution in [3.63, 3.8) is 0 Å². The lowest BCUT2D eigenvalue weighted by molar-refractivity contribution is 0.246. The van der Waals surface area contributed by atoms with Gasteiger partial charge in [-0.1, -0.05) is 50.0 Å². The van der Waals surface area contributed by atoms with Crippen molar-refractivity contribution < 1.29 is 4.74 Å². The molecule has 4 heterocycles. The molecule has 7 nitrogen and oxygen atoms in total. The highest BCUT2D eigenvalue weighted by Gasteiger charge is 2.12. The first-order valence-corrected chi connectivity index (χ1v) is 11.1. The van der Waals surface area contributed by atoms with Gasteiger partial charge < -0.3 is 4.74 Å². The van der Waals surface area contributed by atoms with Crippen molar-refractivity contribution in [1.82, 2.24) is 29.5 Å². The van der Waals surface area contributed by atoms with Gasteiger partial charge in [0.15, 0.2) is 0 Å². The van der Waals surface area contributed by atoms with E-state index in [9.17, 15) is 0 Å². The fourth-order valence-corrected chi connectivity index (χ4v) is 3.15. The number of nitrogens with zero attached hydrogens (tertiary/aromatic N) is 6. The first-order chi connectivity index (χ1) is 15.5. The van der Waals surface area contributed by atoms with Gasteiger partial charge in [-0.25, -0.2) is 24.5 Å². The summed E-state index contributed by atoms with van der Waals surface area (Å²) in [4.78, 5) is 15.6. The van der Waals surface area contributed by atoms with Gasteiger partial charge in [-0.15, -0.1) is 0 Å². The molecule has 4 rings (SSSR count). The lowest BCUT2D eigenvalue weighted by Crippen LogP contribution is -1.89. The molecule has 0 bridgehead atoms. The van der Waals surface area contributed by atoms with Crippen molar-refractivity contribution >= 4 is 58.0 Å². The second-order valence-electron chi connectivity index (χ2n) is 6.32. The van der Waals surface area contributed by atoms with Gasteiger partial charge in [-0.05, 0) is 47.8 Å². The first-order valence-electron chi connectivity index (χ1n) is 9.56. The van der Waals surface area contributed by atoms with Crippen LogP contribution in [-0.4, -0.2) is 36.2 Å². The summed E-state index contributed by atoms with van der Waals surface area (Å²) in [5.41, 5.74) is 2.91. The molecule has 11 heteroatoms. The number of fused-ring (bicyclic) bond motifs is 1. The minimum absolute atomic E-state index is 0. The largest absolute Gasteiger partial charge is 0.501 e. The van der Waals surface area contributed by atoms with Gasteiger partial charge in [-0.2, -0.15) is 5.10 Å². The number of ether oxygens (including phenoxy) is 1. The number of pyridine rings is 1. The minimum Gasteiger partial charge on any atom is -0.501 e. The number of hydrogen-bond donors (Lipinski definition) is 0. The number of unbranched alkanes of at least 4 members (excludes halogenated alkanes) is 1. The van der Waals surface area contributed by atoms with Gasteiger partial charge in [0.2, 0.25) is 10.6 Å². The highest BCUT2D eigenvalue weighted by molar-refractivity contribution is 6.34. The Labute approximate surface area is 212 Å². The predicted molar refractivity (Wildman–Crippen MR) is 135 cm³/mol. The zero-order chi connectivity index (χ0) is 22.9. The molecule has 4 aromatic rings. The average Bonchev–Trinajstić information content (AvgIpc) is 3.22. The Morgan fingerprint density at radius 3 is 2.45 bits per heavy atom. The maximum absolute atomic E-state index is 6.07. The third kappa shape index (κ3) is 7.54. The predicted octanol–water partition coefficient (Wildman–Crippen LogP) is 7.31. The van der Waals surface area contributed by atoms with Crippen LogP contribution in [0.4, 0.5) is 0 Å². The Morgan fingerprint density at radius 1 is 0.970 bits per heavy atom. The zero-order valence-electron chi connectivity index (χ0n) is 16.9. The molecule has 0 aromatic carbocycles. The van der Waals surface area contributed by atoms with Crippen LogP contribution in [0.3, 0.4) is 0 Å². The van der Waals surface area contributed by atoms with Crippen molar-refractivity contribution in [1.29, 1.82) is 0 Å². The lowest BCUT2D eigenvalue weighted by Gasteiger charge is -2.01. The third-order valence-electron chi connectivity index (χ3n) is 4.08. The number of hydrogen-bond acceptors (Lipinski definition) is 6. The van der Waals surface area contributed by atoms with E-state index in [1.807, 2.05) is 24.4 Å². The van der Waals surface area contributed by atoms with Gasteiger partial charge in [0.1, 0.15) is 0 Å². The molecule has 0 spiro atoms. The van der Waals surface area contributed by atoms with Crippen LogP contribution in [0.25, 0.3) is 22.9 Å². The Bertz CT molecular complexity index is 1210. The molecular formula is C22H22Cl4N6O. The number of halogens is 4. The van der Waals surface area contributed by atoms with Crippen LogP contribution in [0.1, 0.15) is 32.9 Å². The van der Waals surface area contributed by atoms with Crippen LogP contribution in [0.5, 0.6) is 0 Å². The van der Waals surface area contributed by atoms with Crippen molar-refractivity contribution in [3.05, 3.63) is 75.6 Å². The van der Waals surface area contributed by atoms with E-state index in [4.69, 9.17) is 51.1 Å². The van der Waals surface area contributed by atoms with Crippen molar-refractivity contribution in [2.75, 3.05) is 6.61 Å². The molecule has 0 radical (unpaired) electrons. The normalized spacial score (nSPS) is 10.6. The summed E-state index contributed by atoms with van der Waals surface area (Å²) in [5.74, 6) is 0. The van der Waals surface area contributed by atoms with E-state index in [0.717, 1.165) is 23.9 Å². The van der Waals surface area contributed by atoms with Crippen LogP contribution >= 0.6 is 46.4 Å². The lowest BCUT2D eigenvalue weighted by atomic mass is 10.2. The summed E-state index contributed by atoms with van der Waals surface area (Å²) in [5, 5.41) is 5.47. The van der Waals surface area contributed by atoms with Crippen molar-refractivity contribution in [3.8, 4) is 11.3 Å². The van der Waals surface area contributed by atoms with Crippen LogP contribution in [0, 0.1) is 0 Å². The second-order valence-corrected chi connectivity index (χ2v) is 7.81. The summed E-state index contributed by atoms with van der Waals surface area (Å²) in [6.07, 6.45) is 11.9. The van der Waals surface area contributed by atoms with E-state index in [0.29, 0.717) is 28.0 Å². The zero-order valence-corrected chi connectivity index (χ0v) is 19.9.